The number of hydrogen-bond acceptors (Lipinski definition) is 4. The molecule has 0 radical (unpaired) electrons. The molecule has 2 amide bonds. The second-order valence-electron chi connectivity index (χ2n) is 7.14. The molecule has 1 saturated carbocycles. The Labute approximate surface area is 152 Å². The van der Waals surface area contributed by atoms with E-state index in [0.717, 1.165) is 41.9 Å². The number of amides is 2. The minimum atomic E-state index is -0.275. The molecule has 136 valence electrons. The summed E-state index contributed by atoms with van der Waals surface area (Å²) in [6.45, 7) is 2.66. The molecule has 1 saturated heterocycles. The van der Waals surface area contributed by atoms with Crippen molar-refractivity contribution in [2.24, 2.45) is 13.0 Å². The molecule has 1 aromatic carbocycles. The predicted molar refractivity (Wildman–Crippen MR) is 100 cm³/mol. The lowest BCUT2D eigenvalue weighted by atomic mass is 10.1. The smallest absolute Gasteiger partial charge is 0.249 e. The summed E-state index contributed by atoms with van der Waals surface area (Å²) in [4.78, 5) is 26.5. The van der Waals surface area contributed by atoms with Crippen molar-refractivity contribution in [3.63, 3.8) is 0 Å². The van der Waals surface area contributed by atoms with Crippen LogP contribution in [0.1, 0.15) is 24.8 Å². The molecule has 1 aliphatic heterocycles. The number of nitrogens with one attached hydrogen (secondary N) is 2. The summed E-state index contributed by atoms with van der Waals surface area (Å²) in [5, 5.41) is 10.5. The molecule has 2 aromatic rings. The molecule has 7 nitrogen and oxygen atoms in total. The van der Waals surface area contributed by atoms with Crippen molar-refractivity contribution in [2.75, 3.05) is 22.1 Å². The average molecular weight is 353 g/mol. The van der Waals surface area contributed by atoms with Gasteiger partial charge < -0.3 is 15.5 Å². The largest absolute Gasteiger partial charge is 0.373 e. The van der Waals surface area contributed by atoms with E-state index >= 15 is 0 Å². The van der Waals surface area contributed by atoms with E-state index in [0.29, 0.717) is 6.54 Å². The lowest BCUT2D eigenvalue weighted by Crippen LogP contribution is -2.33. The number of nitrogens with zero attached hydrogens (tertiary/aromatic N) is 3. The summed E-state index contributed by atoms with van der Waals surface area (Å²) in [7, 11) is 1.84. The highest BCUT2D eigenvalue weighted by molar-refractivity contribution is 6.01. The second-order valence-corrected chi connectivity index (χ2v) is 7.14. The Kier molecular flexibility index (Phi) is 4.14. The first-order chi connectivity index (χ1) is 12.5. The standard InChI is InChI=1S/C19H23N5O2/c1-12-3-6-14(21-18(25)13-4-5-13)9-17(12)22-16-7-8-24(19(16)26)15-10-20-23(2)11-15/h3,6,9-11,13,16,22H,4-5,7-8H2,1-2H3,(H,21,25). The molecule has 0 bridgehead atoms. The lowest BCUT2D eigenvalue weighted by Gasteiger charge is -2.18. The molecule has 0 spiro atoms. The van der Waals surface area contributed by atoms with E-state index in [2.05, 4.69) is 15.7 Å². The SMILES string of the molecule is Cc1ccc(NC(=O)C2CC2)cc1NC1CCN(c2cnn(C)c2)C1=O. The summed E-state index contributed by atoms with van der Waals surface area (Å²) in [5.41, 5.74) is 3.51. The van der Waals surface area contributed by atoms with Crippen LogP contribution in [0, 0.1) is 12.8 Å². The van der Waals surface area contributed by atoms with Gasteiger partial charge in [-0.3, -0.25) is 14.3 Å². The van der Waals surface area contributed by atoms with Gasteiger partial charge in [-0.15, -0.1) is 0 Å². The number of anilines is 3. The maximum Gasteiger partial charge on any atom is 0.249 e. The molecule has 2 fully saturated rings. The molecule has 1 aromatic heterocycles. The molecular formula is C19H23N5O2. The van der Waals surface area contributed by atoms with Crippen LogP contribution < -0.4 is 15.5 Å². The third-order valence-corrected chi connectivity index (χ3v) is 4.99. The molecule has 1 atom stereocenters. The van der Waals surface area contributed by atoms with Gasteiger partial charge in [-0.05, 0) is 43.9 Å². The van der Waals surface area contributed by atoms with Crippen molar-refractivity contribution in [1.29, 1.82) is 0 Å². The molecule has 2 aliphatic rings. The predicted octanol–water partition coefficient (Wildman–Crippen LogP) is 2.29. The summed E-state index contributed by atoms with van der Waals surface area (Å²) >= 11 is 0. The van der Waals surface area contributed by atoms with E-state index in [9.17, 15) is 9.59 Å². The first-order valence-electron chi connectivity index (χ1n) is 8.99. The van der Waals surface area contributed by atoms with Gasteiger partial charge in [-0.25, -0.2) is 0 Å². The minimum Gasteiger partial charge on any atom is -0.373 e. The summed E-state index contributed by atoms with van der Waals surface area (Å²) in [6, 6.07) is 5.50. The first-order valence-corrected chi connectivity index (χ1v) is 8.99. The Balaban J connectivity index is 1.46. The van der Waals surface area contributed by atoms with Gasteiger partial charge in [0.15, 0.2) is 0 Å². The summed E-state index contributed by atoms with van der Waals surface area (Å²) < 4.78 is 1.69. The zero-order valence-corrected chi connectivity index (χ0v) is 15.0. The van der Waals surface area contributed by atoms with Crippen molar-refractivity contribution < 1.29 is 9.59 Å². The van der Waals surface area contributed by atoms with Crippen molar-refractivity contribution in [3.05, 3.63) is 36.2 Å². The van der Waals surface area contributed by atoms with Gasteiger partial charge >= 0.3 is 0 Å². The number of hydrogen-bond donors (Lipinski definition) is 2. The van der Waals surface area contributed by atoms with Crippen LogP contribution in [0.15, 0.2) is 30.6 Å². The van der Waals surface area contributed by atoms with Crippen molar-refractivity contribution in [3.8, 4) is 0 Å². The van der Waals surface area contributed by atoms with Crippen molar-refractivity contribution in [1.82, 2.24) is 9.78 Å². The van der Waals surface area contributed by atoms with Crippen LogP contribution in [0.4, 0.5) is 17.1 Å². The highest BCUT2D eigenvalue weighted by atomic mass is 16.2. The number of rotatable bonds is 5. The Morgan fingerprint density at radius 2 is 2.08 bits per heavy atom. The zero-order valence-electron chi connectivity index (χ0n) is 15.0. The number of benzene rings is 1. The fourth-order valence-corrected chi connectivity index (χ4v) is 3.25. The quantitative estimate of drug-likeness (QED) is 0.864. The van der Waals surface area contributed by atoms with Crippen LogP contribution in [0.3, 0.4) is 0 Å². The van der Waals surface area contributed by atoms with Crippen LogP contribution in [0.5, 0.6) is 0 Å². The molecule has 26 heavy (non-hydrogen) atoms. The monoisotopic (exact) mass is 353 g/mol. The fraction of sp³-hybridized carbons (Fsp3) is 0.421. The van der Waals surface area contributed by atoms with E-state index in [1.807, 2.05) is 38.4 Å². The number of carbonyl (C=O) groups is 2. The Bertz CT molecular complexity index is 855. The highest BCUT2D eigenvalue weighted by Crippen LogP contribution is 2.31. The van der Waals surface area contributed by atoms with Gasteiger partial charge in [-0.1, -0.05) is 6.07 Å². The number of carbonyl (C=O) groups excluding carboxylic acids is 2. The Hall–Kier alpha value is -2.83. The number of aromatic nitrogens is 2. The van der Waals surface area contributed by atoms with E-state index in [-0.39, 0.29) is 23.8 Å². The molecule has 7 heteroatoms. The maximum atomic E-state index is 12.7. The second kappa shape index (κ2) is 6.48. The van der Waals surface area contributed by atoms with Crippen LogP contribution in [0.2, 0.25) is 0 Å². The van der Waals surface area contributed by atoms with E-state index < -0.39 is 0 Å². The Morgan fingerprint density at radius 1 is 1.27 bits per heavy atom. The third kappa shape index (κ3) is 3.29. The van der Waals surface area contributed by atoms with Gasteiger partial charge in [0.2, 0.25) is 11.8 Å². The molecule has 2 N–H and O–H groups in total. The summed E-state index contributed by atoms with van der Waals surface area (Å²) in [6.07, 6.45) is 6.23. The maximum absolute atomic E-state index is 12.7. The Morgan fingerprint density at radius 3 is 2.77 bits per heavy atom. The van der Waals surface area contributed by atoms with Crippen molar-refractivity contribution >= 4 is 28.9 Å². The normalized spacial score (nSPS) is 19.7. The van der Waals surface area contributed by atoms with Crippen LogP contribution in [0.25, 0.3) is 0 Å². The zero-order chi connectivity index (χ0) is 18.3. The average Bonchev–Trinajstić information content (AvgIpc) is 3.30. The van der Waals surface area contributed by atoms with Crippen LogP contribution in [-0.2, 0) is 16.6 Å². The molecule has 2 heterocycles. The van der Waals surface area contributed by atoms with Gasteiger partial charge in [0.1, 0.15) is 6.04 Å². The lowest BCUT2D eigenvalue weighted by molar-refractivity contribution is -0.118. The topological polar surface area (TPSA) is 79.3 Å². The van der Waals surface area contributed by atoms with E-state index in [1.165, 1.54) is 0 Å². The molecule has 1 aliphatic carbocycles. The third-order valence-electron chi connectivity index (χ3n) is 4.99. The van der Waals surface area contributed by atoms with E-state index in [1.54, 1.807) is 15.8 Å². The molecule has 1 unspecified atom stereocenters. The first kappa shape index (κ1) is 16.6. The van der Waals surface area contributed by atoms with Crippen LogP contribution >= 0.6 is 0 Å². The van der Waals surface area contributed by atoms with Crippen LogP contribution in [-0.4, -0.2) is 34.2 Å². The number of aryl methyl sites for hydroxylation is 2. The molecule has 4 rings (SSSR count). The summed E-state index contributed by atoms with van der Waals surface area (Å²) in [5.74, 6) is 0.293. The minimum absolute atomic E-state index is 0.0461. The van der Waals surface area contributed by atoms with Crippen molar-refractivity contribution in [2.45, 2.75) is 32.2 Å². The highest BCUT2D eigenvalue weighted by Gasteiger charge is 2.33. The van der Waals surface area contributed by atoms with Gasteiger partial charge in [0, 0.05) is 37.1 Å². The van der Waals surface area contributed by atoms with Gasteiger partial charge in [-0.2, -0.15) is 5.10 Å². The fourth-order valence-electron chi connectivity index (χ4n) is 3.25. The van der Waals surface area contributed by atoms with Gasteiger partial charge in [0.05, 0.1) is 11.9 Å². The van der Waals surface area contributed by atoms with Gasteiger partial charge in [0.25, 0.3) is 0 Å². The molecular weight excluding hydrogens is 330 g/mol. The van der Waals surface area contributed by atoms with E-state index in [4.69, 9.17) is 0 Å².